The number of aryl methyl sites for hydroxylation is 1. The van der Waals surface area contributed by atoms with Crippen molar-refractivity contribution < 1.29 is 14.7 Å². The van der Waals surface area contributed by atoms with Crippen LogP contribution >= 0.6 is 11.3 Å². The van der Waals surface area contributed by atoms with Gasteiger partial charge in [0.05, 0.1) is 10.8 Å². The van der Waals surface area contributed by atoms with E-state index in [1.807, 2.05) is 11.0 Å². The number of nitrogens with zero attached hydrogens (tertiary/aromatic N) is 1. The van der Waals surface area contributed by atoms with E-state index in [1.54, 1.807) is 11.3 Å². The highest BCUT2D eigenvalue weighted by Gasteiger charge is 2.29. The lowest BCUT2D eigenvalue weighted by molar-refractivity contribution is -0.142. The van der Waals surface area contributed by atoms with Crippen molar-refractivity contribution in [3.63, 3.8) is 0 Å². The first-order valence-electron chi connectivity index (χ1n) is 7.68. The molecule has 1 aliphatic carbocycles. The topological polar surface area (TPSA) is 57.6 Å². The molecular weight excluding hydrogens is 286 g/mol. The maximum Gasteiger partial charge on any atom is 0.306 e. The van der Waals surface area contributed by atoms with Crippen LogP contribution in [0.5, 0.6) is 0 Å². The highest BCUT2D eigenvalue weighted by Crippen LogP contribution is 2.33. The molecule has 0 bridgehead atoms. The van der Waals surface area contributed by atoms with Crippen LogP contribution in [0.3, 0.4) is 0 Å². The molecule has 0 spiro atoms. The number of hydrogen-bond acceptors (Lipinski definition) is 3. The van der Waals surface area contributed by atoms with Gasteiger partial charge < -0.3 is 10.0 Å². The summed E-state index contributed by atoms with van der Waals surface area (Å²) in [4.78, 5) is 27.6. The Bertz CT molecular complexity index is 558. The molecule has 4 nitrogen and oxygen atoms in total. The Kier molecular flexibility index (Phi) is 4.02. The number of hydrogen-bond donors (Lipinski definition) is 1. The van der Waals surface area contributed by atoms with Crippen LogP contribution in [0.15, 0.2) is 6.07 Å². The van der Waals surface area contributed by atoms with E-state index in [2.05, 4.69) is 6.92 Å². The summed E-state index contributed by atoms with van der Waals surface area (Å²) in [5, 5.41) is 9.14. The maximum atomic E-state index is 12.6. The standard InChI is InChI=1S/C16H21NO3S/c1-10-4-6-17(7-5-10)15(18)14-9-12-8-11(16(19)20)2-3-13(12)21-14/h9-11H,2-8H2,1H3,(H,19,20)/t11-/m0/s1. The molecule has 1 aliphatic heterocycles. The zero-order valence-corrected chi connectivity index (χ0v) is 13.1. The lowest BCUT2D eigenvalue weighted by Crippen LogP contribution is -2.37. The number of piperidine rings is 1. The van der Waals surface area contributed by atoms with Crippen molar-refractivity contribution in [2.75, 3.05) is 13.1 Å². The predicted octanol–water partition coefficient (Wildman–Crippen LogP) is 2.81. The summed E-state index contributed by atoms with van der Waals surface area (Å²) in [6.07, 6.45) is 4.22. The number of thiophene rings is 1. The summed E-state index contributed by atoms with van der Waals surface area (Å²) in [6.45, 7) is 3.93. The van der Waals surface area contributed by atoms with Gasteiger partial charge in [0.25, 0.3) is 5.91 Å². The fraction of sp³-hybridized carbons (Fsp3) is 0.625. The number of aliphatic carboxylic acids is 1. The normalized spacial score (nSPS) is 22.9. The molecule has 3 rings (SSSR count). The molecule has 1 atom stereocenters. The molecule has 1 aromatic heterocycles. The van der Waals surface area contributed by atoms with Gasteiger partial charge in [0, 0.05) is 18.0 Å². The van der Waals surface area contributed by atoms with Gasteiger partial charge in [-0.15, -0.1) is 11.3 Å². The number of fused-ring (bicyclic) bond motifs is 1. The summed E-state index contributed by atoms with van der Waals surface area (Å²) in [5.74, 6) is -0.161. The van der Waals surface area contributed by atoms with Crippen LogP contribution in [0.4, 0.5) is 0 Å². The smallest absolute Gasteiger partial charge is 0.306 e. The van der Waals surface area contributed by atoms with Crippen LogP contribution < -0.4 is 0 Å². The van der Waals surface area contributed by atoms with Gasteiger partial charge in [-0.3, -0.25) is 9.59 Å². The van der Waals surface area contributed by atoms with E-state index in [4.69, 9.17) is 5.11 Å². The van der Waals surface area contributed by atoms with Crippen LogP contribution in [0.25, 0.3) is 0 Å². The molecule has 2 heterocycles. The number of likely N-dealkylation sites (tertiary alicyclic amines) is 1. The molecule has 5 heteroatoms. The number of carboxylic acid groups (broad SMARTS) is 1. The van der Waals surface area contributed by atoms with E-state index in [9.17, 15) is 9.59 Å². The van der Waals surface area contributed by atoms with Gasteiger partial charge in [0.2, 0.25) is 0 Å². The fourth-order valence-electron chi connectivity index (χ4n) is 3.21. The van der Waals surface area contributed by atoms with E-state index in [0.717, 1.165) is 42.8 Å². The Hall–Kier alpha value is -1.36. The summed E-state index contributed by atoms with van der Waals surface area (Å²) < 4.78 is 0. The lowest BCUT2D eigenvalue weighted by Gasteiger charge is -2.29. The lowest BCUT2D eigenvalue weighted by atomic mass is 9.88. The molecule has 0 unspecified atom stereocenters. The summed E-state index contributed by atoms with van der Waals surface area (Å²) in [5.41, 5.74) is 1.08. The number of carbonyl (C=O) groups excluding carboxylic acids is 1. The molecule has 21 heavy (non-hydrogen) atoms. The Morgan fingerprint density at radius 2 is 2.00 bits per heavy atom. The van der Waals surface area contributed by atoms with Gasteiger partial charge in [-0.05, 0) is 49.7 Å². The average molecular weight is 307 g/mol. The minimum atomic E-state index is -0.718. The van der Waals surface area contributed by atoms with Gasteiger partial charge in [-0.1, -0.05) is 6.92 Å². The Morgan fingerprint density at radius 1 is 1.29 bits per heavy atom. The van der Waals surface area contributed by atoms with Crippen LogP contribution in [0.1, 0.15) is 46.3 Å². The van der Waals surface area contributed by atoms with Crippen LogP contribution in [0.2, 0.25) is 0 Å². The fourth-order valence-corrected chi connectivity index (χ4v) is 4.38. The van der Waals surface area contributed by atoms with Gasteiger partial charge >= 0.3 is 5.97 Å². The number of rotatable bonds is 2. The quantitative estimate of drug-likeness (QED) is 0.914. The minimum Gasteiger partial charge on any atom is -0.481 e. The van der Waals surface area contributed by atoms with Crippen molar-refractivity contribution in [2.45, 2.75) is 39.0 Å². The van der Waals surface area contributed by atoms with Crippen molar-refractivity contribution in [3.05, 3.63) is 21.4 Å². The van der Waals surface area contributed by atoms with E-state index < -0.39 is 5.97 Å². The van der Waals surface area contributed by atoms with Crippen molar-refractivity contribution in [3.8, 4) is 0 Å². The second-order valence-electron chi connectivity index (χ2n) is 6.31. The first-order valence-corrected chi connectivity index (χ1v) is 8.50. The van der Waals surface area contributed by atoms with Crippen LogP contribution in [-0.4, -0.2) is 35.0 Å². The van der Waals surface area contributed by atoms with Crippen molar-refractivity contribution in [2.24, 2.45) is 11.8 Å². The molecule has 1 saturated heterocycles. The molecule has 1 N–H and O–H groups in total. The average Bonchev–Trinajstić information content (AvgIpc) is 2.90. The molecule has 2 aliphatic rings. The molecule has 0 saturated carbocycles. The number of amides is 1. The van der Waals surface area contributed by atoms with Crippen molar-refractivity contribution in [1.82, 2.24) is 4.90 Å². The third-order valence-corrected chi connectivity index (χ3v) is 5.94. The van der Waals surface area contributed by atoms with Crippen molar-refractivity contribution in [1.29, 1.82) is 0 Å². The third kappa shape index (κ3) is 2.98. The predicted molar refractivity (Wildman–Crippen MR) is 81.8 cm³/mol. The number of carbonyl (C=O) groups is 2. The second-order valence-corrected chi connectivity index (χ2v) is 7.45. The SMILES string of the molecule is CC1CCN(C(=O)c2cc3c(s2)CC[C@H](C(=O)O)C3)CC1. The zero-order chi connectivity index (χ0) is 15.0. The van der Waals surface area contributed by atoms with Gasteiger partial charge in [0.15, 0.2) is 0 Å². The Morgan fingerprint density at radius 3 is 2.67 bits per heavy atom. The summed E-state index contributed by atoms with van der Waals surface area (Å²) in [6, 6.07) is 1.94. The highest BCUT2D eigenvalue weighted by molar-refractivity contribution is 7.14. The number of carboxylic acids is 1. The second kappa shape index (κ2) is 5.79. The van der Waals surface area contributed by atoms with Crippen molar-refractivity contribution >= 4 is 23.2 Å². The molecule has 114 valence electrons. The monoisotopic (exact) mass is 307 g/mol. The Labute approximate surface area is 128 Å². The van der Waals surface area contributed by atoms with Crippen LogP contribution in [0, 0.1) is 11.8 Å². The highest BCUT2D eigenvalue weighted by atomic mass is 32.1. The zero-order valence-electron chi connectivity index (χ0n) is 12.3. The van der Waals surface area contributed by atoms with Gasteiger partial charge in [0.1, 0.15) is 0 Å². The molecule has 0 aromatic carbocycles. The molecule has 1 aromatic rings. The molecule has 0 radical (unpaired) electrons. The van der Waals surface area contributed by atoms with E-state index in [-0.39, 0.29) is 11.8 Å². The first kappa shape index (κ1) is 14.6. The van der Waals surface area contributed by atoms with Gasteiger partial charge in [-0.2, -0.15) is 0 Å². The first-order chi connectivity index (χ1) is 10.0. The largest absolute Gasteiger partial charge is 0.481 e. The molecular formula is C16H21NO3S. The molecule has 1 amide bonds. The Balaban J connectivity index is 1.73. The van der Waals surface area contributed by atoms with E-state index in [1.165, 1.54) is 4.88 Å². The van der Waals surface area contributed by atoms with E-state index in [0.29, 0.717) is 18.8 Å². The molecule has 1 fully saturated rings. The third-order valence-electron chi connectivity index (χ3n) is 4.71. The maximum absolute atomic E-state index is 12.6. The van der Waals surface area contributed by atoms with Gasteiger partial charge in [-0.25, -0.2) is 0 Å². The summed E-state index contributed by atoms with van der Waals surface area (Å²) >= 11 is 1.57. The minimum absolute atomic E-state index is 0.133. The van der Waals surface area contributed by atoms with E-state index >= 15 is 0 Å². The summed E-state index contributed by atoms with van der Waals surface area (Å²) in [7, 11) is 0. The van der Waals surface area contributed by atoms with Crippen LogP contribution in [-0.2, 0) is 17.6 Å².